The SMILES string of the molecule is CCCN(Cc1nc2cc(Cl)ccc2c(=O)[nH]1)C(=O)C1CC(=O)N(c2ccccc2Cl)C1. The number of para-hydroxylation sites is 1. The van der Waals surface area contributed by atoms with Crippen LogP contribution in [0.2, 0.25) is 10.0 Å². The fourth-order valence-electron chi connectivity index (χ4n) is 3.99. The summed E-state index contributed by atoms with van der Waals surface area (Å²) < 4.78 is 0. The van der Waals surface area contributed by atoms with Crippen LogP contribution in [0.1, 0.15) is 25.6 Å². The van der Waals surface area contributed by atoms with Crippen molar-refractivity contribution < 1.29 is 9.59 Å². The second kappa shape index (κ2) is 9.30. The summed E-state index contributed by atoms with van der Waals surface area (Å²) in [5.74, 6) is -0.408. The van der Waals surface area contributed by atoms with Gasteiger partial charge >= 0.3 is 0 Å². The normalized spacial score (nSPS) is 16.0. The van der Waals surface area contributed by atoms with Gasteiger partial charge in [-0.2, -0.15) is 0 Å². The van der Waals surface area contributed by atoms with Crippen molar-refractivity contribution in [3.63, 3.8) is 0 Å². The lowest BCUT2D eigenvalue weighted by Crippen LogP contribution is -2.38. The van der Waals surface area contributed by atoms with Crippen molar-refractivity contribution in [3.8, 4) is 0 Å². The number of halogens is 2. The van der Waals surface area contributed by atoms with Crippen LogP contribution in [0.5, 0.6) is 0 Å². The monoisotopic (exact) mass is 472 g/mol. The Kier molecular flexibility index (Phi) is 6.48. The summed E-state index contributed by atoms with van der Waals surface area (Å²) in [5.41, 5.74) is 0.793. The Labute approximate surface area is 194 Å². The van der Waals surface area contributed by atoms with Gasteiger partial charge in [0.05, 0.1) is 34.1 Å². The molecular weight excluding hydrogens is 451 g/mol. The Morgan fingerprint density at radius 1 is 1.22 bits per heavy atom. The second-order valence-corrected chi connectivity index (χ2v) is 8.63. The molecule has 0 aliphatic carbocycles. The van der Waals surface area contributed by atoms with Crippen molar-refractivity contribution >= 4 is 51.6 Å². The zero-order chi connectivity index (χ0) is 22.8. The number of benzene rings is 2. The quantitative estimate of drug-likeness (QED) is 0.586. The zero-order valence-corrected chi connectivity index (χ0v) is 19.0. The first-order chi connectivity index (χ1) is 15.4. The third-order valence-electron chi connectivity index (χ3n) is 5.48. The maximum absolute atomic E-state index is 13.3. The first-order valence-electron chi connectivity index (χ1n) is 10.4. The van der Waals surface area contributed by atoms with Crippen molar-refractivity contribution in [1.82, 2.24) is 14.9 Å². The van der Waals surface area contributed by atoms with Crippen molar-refractivity contribution in [2.45, 2.75) is 26.3 Å². The molecule has 1 unspecified atom stereocenters. The minimum absolute atomic E-state index is 0.113. The molecule has 2 amide bonds. The summed E-state index contributed by atoms with van der Waals surface area (Å²) in [6.07, 6.45) is 0.839. The maximum Gasteiger partial charge on any atom is 0.258 e. The van der Waals surface area contributed by atoms with Crippen LogP contribution in [0.15, 0.2) is 47.3 Å². The van der Waals surface area contributed by atoms with E-state index in [1.807, 2.05) is 6.92 Å². The smallest absolute Gasteiger partial charge is 0.258 e. The highest BCUT2D eigenvalue weighted by molar-refractivity contribution is 6.34. The van der Waals surface area contributed by atoms with E-state index in [-0.39, 0.29) is 36.9 Å². The van der Waals surface area contributed by atoms with E-state index in [0.29, 0.717) is 39.0 Å². The molecule has 1 aromatic heterocycles. The Balaban J connectivity index is 1.56. The lowest BCUT2D eigenvalue weighted by molar-refractivity contribution is -0.136. The molecule has 1 aliphatic heterocycles. The zero-order valence-electron chi connectivity index (χ0n) is 17.5. The number of aromatic nitrogens is 2. The first-order valence-corrected chi connectivity index (χ1v) is 11.1. The van der Waals surface area contributed by atoms with Crippen LogP contribution >= 0.6 is 23.2 Å². The molecule has 1 saturated heterocycles. The summed E-state index contributed by atoms with van der Waals surface area (Å²) in [7, 11) is 0. The number of amides is 2. The van der Waals surface area contributed by atoms with Crippen LogP contribution in [0.4, 0.5) is 5.69 Å². The molecule has 0 bridgehead atoms. The van der Waals surface area contributed by atoms with Crippen molar-refractivity contribution in [1.29, 1.82) is 0 Å². The summed E-state index contributed by atoms with van der Waals surface area (Å²) in [6, 6.07) is 12.0. The highest BCUT2D eigenvalue weighted by atomic mass is 35.5. The number of H-pyrrole nitrogens is 1. The van der Waals surface area contributed by atoms with Crippen LogP contribution in [0.3, 0.4) is 0 Å². The third kappa shape index (κ3) is 4.49. The van der Waals surface area contributed by atoms with E-state index in [2.05, 4.69) is 9.97 Å². The highest BCUT2D eigenvalue weighted by Gasteiger charge is 2.37. The van der Waals surface area contributed by atoms with Gasteiger partial charge in [0.25, 0.3) is 5.56 Å². The molecular formula is C23H22Cl2N4O3. The van der Waals surface area contributed by atoms with E-state index in [4.69, 9.17) is 23.2 Å². The number of aromatic amines is 1. The summed E-state index contributed by atoms with van der Waals surface area (Å²) in [5, 5.41) is 1.38. The largest absolute Gasteiger partial charge is 0.335 e. The molecule has 4 rings (SSSR count). The van der Waals surface area contributed by atoms with Gasteiger partial charge in [0, 0.05) is 24.5 Å². The number of nitrogens with zero attached hydrogens (tertiary/aromatic N) is 3. The predicted octanol–water partition coefficient (Wildman–Crippen LogP) is 4.02. The van der Waals surface area contributed by atoms with E-state index >= 15 is 0 Å². The first kappa shape index (κ1) is 22.3. The highest BCUT2D eigenvalue weighted by Crippen LogP contribution is 2.31. The summed E-state index contributed by atoms with van der Waals surface area (Å²) >= 11 is 12.3. The van der Waals surface area contributed by atoms with Gasteiger partial charge in [-0.25, -0.2) is 4.98 Å². The molecule has 0 saturated carbocycles. The second-order valence-electron chi connectivity index (χ2n) is 7.79. The fraction of sp³-hybridized carbons (Fsp3) is 0.304. The van der Waals surface area contributed by atoms with Crippen molar-refractivity contribution in [3.05, 3.63) is 68.7 Å². The lowest BCUT2D eigenvalue weighted by Gasteiger charge is -2.25. The molecule has 0 radical (unpaired) electrons. The van der Waals surface area contributed by atoms with E-state index in [0.717, 1.165) is 6.42 Å². The Bertz CT molecular complexity index is 1240. The van der Waals surface area contributed by atoms with Gasteiger partial charge in [0.15, 0.2) is 0 Å². The van der Waals surface area contributed by atoms with Crippen molar-refractivity contribution in [2.24, 2.45) is 5.92 Å². The number of hydrogen-bond acceptors (Lipinski definition) is 4. The van der Waals surface area contributed by atoms with Gasteiger partial charge in [0.2, 0.25) is 11.8 Å². The van der Waals surface area contributed by atoms with Crippen LogP contribution in [-0.4, -0.2) is 39.8 Å². The maximum atomic E-state index is 13.3. The van der Waals surface area contributed by atoms with E-state index in [1.165, 1.54) is 0 Å². The minimum Gasteiger partial charge on any atom is -0.335 e. The predicted molar refractivity (Wildman–Crippen MR) is 125 cm³/mol. The number of anilines is 1. The Hall–Kier alpha value is -2.90. The van der Waals surface area contributed by atoms with Gasteiger partial charge in [-0.05, 0) is 36.8 Å². The number of carbonyl (C=O) groups is 2. The van der Waals surface area contributed by atoms with Crippen LogP contribution in [0, 0.1) is 5.92 Å². The molecule has 2 aromatic carbocycles. The average molecular weight is 473 g/mol. The Morgan fingerprint density at radius 2 is 2.00 bits per heavy atom. The molecule has 1 aliphatic rings. The van der Waals surface area contributed by atoms with Gasteiger partial charge < -0.3 is 14.8 Å². The van der Waals surface area contributed by atoms with Gasteiger partial charge in [0.1, 0.15) is 5.82 Å². The molecule has 1 fully saturated rings. The molecule has 32 heavy (non-hydrogen) atoms. The molecule has 1 N–H and O–H groups in total. The number of nitrogens with one attached hydrogen (secondary N) is 1. The van der Waals surface area contributed by atoms with Crippen LogP contribution in [0.25, 0.3) is 10.9 Å². The fourth-order valence-corrected chi connectivity index (χ4v) is 4.39. The third-order valence-corrected chi connectivity index (χ3v) is 6.04. The van der Waals surface area contributed by atoms with E-state index in [1.54, 1.807) is 52.3 Å². The Morgan fingerprint density at radius 3 is 2.75 bits per heavy atom. The number of carbonyl (C=O) groups excluding carboxylic acids is 2. The average Bonchev–Trinajstić information content (AvgIpc) is 3.14. The van der Waals surface area contributed by atoms with E-state index in [9.17, 15) is 14.4 Å². The van der Waals surface area contributed by atoms with E-state index < -0.39 is 5.92 Å². The number of rotatable bonds is 6. The number of fused-ring (bicyclic) bond motifs is 1. The van der Waals surface area contributed by atoms with Crippen LogP contribution in [-0.2, 0) is 16.1 Å². The minimum atomic E-state index is -0.494. The number of hydrogen-bond donors (Lipinski definition) is 1. The topological polar surface area (TPSA) is 86.4 Å². The summed E-state index contributed by atoms with van der Waals surface area (Å²) in [4.78, 5) is 48.8. The van der Waals surface area contributed by atoms with Gasteiger partial charge in [-0.3, -0.25) is 14.4 Å². The lowest BCUT2D eigenvalue weighted by atomic mass is 10.1. The van der Waals surface area contributed by atoms with Crippen LogP contribution < -0.4 is 10.5 Å². The van der Waals surface area contributed by atoms with Gasteiger partial charge in [-0.1, -0.05) is 42.3 Å². The molecule has 2 heterocycles. The molecule has 7 nitrogen and oxygen atoms in total. The standard InChI is InChI=1S/C23H22Cl2N4O3/c1-2-9-28(13-20-26-18-11-15(24)7-8-16(18)22(31)27-20)23(32)14-10-21(30)29(12-14)19-6-4-3-5-17(19)25/h3-8,11,14H,2,9-10,12-13H2,1H3,(H,26,27,31). The molecule has 3 aromatic rings. The van der Waals surface area contributed by atoms with Gasteiger partial charge in [-0.15, -0.1) is 0 Å². The molecule has 166 valence electrons. The molecule has 0 spiro atoms. The molecule has 1 atom stereocenters. The van der Waals surface area contributed by atoms with Crippen molar-refractivity contribution in [2.75, 3.05) is 18.0 Å². The molecule has 9 heteroatoms. The summed E-state index contributed by atoms with van der Waals surface area (Å²) in [6.45, 7) is 2.85.